The van der Waals surface area contributed by atoms with Gasteiger partial charge in [0.25, 0.3) is 0 Å². The van der Waals surface area contributed by atoms with Crippen LogP contribution in [0.15, 0.2) is 17.6 Å². The third-order valence-corrected chi connectivity index (χ3v) is 5.66. The van der Waals surface area contributed by atoms with E-state index in [-0.39, 0.29) is 0 Å². The lowest BCUT2D eigenvalue weighted by atomic mass is 9.78. The van der Waals surface area contributed by atoms with Crippen LogP contribution in [-0.2, 0) is 9.31 Å². The molecule has 0 aliphatic carbocycles. The van der Waals surface area contributed by atoms with E-state index in [1.165, 1.54) is 0 Å². The molecule has 0 N–H and O–H groups in total. The van der Waals surface area contributed by atoms with Crippen LogP contribution >= 0.6 is 47.4 Å². The van der Waals surface area contributed by atoms with E-state index in [1.54, 1.807) is 12.1 Å². The summed E-state index contributed by atoms with van der Waals surface area (Å²) in [5.74, 6) is 0.495. The normalized spacial score (nSPS) is 20.5. The lowest BCUT2D eigenvalue weighted by Crippen LogP contribution is -2.41. The molecule has 1 heterocycles. The maximum Gasteiger partial charge on any atom is 0.491 e. The van der Waals surface area contributed by atoms with Gasteiger partial charge in [-0.2, -0.15) is 12.6 Å². The van der Waals surface area contributed by atoms with Crippen molar-refractivity contribution in [1.82, 2.24) is 0 Å². The first kappa shape index (κ1) is 18.5. The number of hydrogen-bond acceptors (Lipinski definition) is 3. The average Bonchev–Trinajstić information content (AvgIpc) is 2.61. The summed E-state index contributed by atoms with van der Waals surface area (Å²) in [5.41, 5.74) is 0.943. The summed E-state index contributed by atoms with van der Waals surface area (Å²) in [6, 6.07) is 3.51. The highest BCUT2D eigenvalue weighted by molar-refractivity contribution is 7.80. The van der Waals surface area contributed by atoms with Crippen LogP contribution in [0.3, 0.4) is 0 Å². The van der Waals surface area contributed by atoms with E-state index in [2.05, 4.69) is 12.6 Å². The largest absolute Gasteiger partial charge is 0.491 e. The Balaban J connectivity index is 2.34. The molecular weight excluding hydrogens is 361 g/mol. The van der Waals surface area contributed by atoms with Gasteiger partial charge in [0.1, 0.15) is 0 Å². The van der Waals surface area contributed by atoms with Crippen LogP contribution in [0.2, 0.25) is 15.1 Å². The Hall–Kier alpha value is 0.165. The van der Waals surface area contributed by atoms with Crippen LogP contribution in [-0.4, -0.2) is 24.1 Å². The summed E-state index contributed by atoms with van der Waals surface area (Å²) < 4.78 is 12.1. The molecular formula is C15H18BCl3O2S. The van der Waals surface area contributed by atoms with Crippen molar-refractivity contribution < 1.29 is 9.31 Å². The van der Waals surface area contributed by atoms with Crippen LogP contribution in [0.5, 0.6) is 0 Å². The molecule has 0 amide bonds. The predicted molar refractivity (Wildman–Crippen MR) is 99.4 cm³/mol. The Labute approximate surface area is 152 Å². The molecule has 1 aliphatic rings. The molecule has 2 rings (SSSR count). The zero-order valence-corrected chi connectivity index (χ0v) is 16.1. The van der Waals surface area contributed by atoms with Gasteiger partial charge in [-0.05, 0) is 50.9 Å². The smallest absolute Gasteiger partial charge is 0.400 e. The number of halogens is 3. The minimum atomic E-state index is -0.448. The maximum atomic E-state index is 6.07. The second-order valence-electron chi connectivity index (χ2n) is 6.26. The first-order valence-corrected chi connectivity index (χ1v) is 8.65. The molecule has 0 unspecified atom stereocenters. The van der Waals surface area contributed by atoms with Gasteiger partial charge in [-0.3, -0.25) is 0 Å². The van der Waals surface area contributed by atoms with Gasteiger partial charge in [0, 0.05) is 5.75 Å². The summed E-state index contributed by atoms with van der Waals surface area (Å²) in [5, 5.41) is 1.17. The van der Waals surface area contributed by atoms with Gasteiger partial charge < -0.3 is 9.31 Å². The summed E-state index contributed by atoms with van der Waals surface area (Å²) in [7, 11) is -0.448. The van der Waals surface area contributed by atoms with Crippen LogP contribution < -0.4 is 0 Å². The van der Waals surface area contributed by atoms with Crippen LogP contribution in [0, 0.1) is 0 Å². The summed E-state index contributed by atoms with van der Waals surface area (Å²) in [6.07, 6.45) is 1.92. The van der Waals surface area contributed by atoms with Crippen LogP contribution in [0.25, 0.3) is 6.08 Å². The number of rotatable bonds is 3. The molecule has 1 saturated heterocycles. The Morgan fingerprint density at radius 1 is 1.09 bits per heavy atom. The van der Waals surface area contributed by atoms with Crippen molar-refractivity contribution in [3.8, 4) is 0 Å². The van der Waals surface area contributed by atoms with Crippen molar-refractivity contribution in [2.45, 2.75) is 38.9 Å². The van der Waals surface area contributed by atoms with Gasteiger partial charge in [-0.15, -0.1) is 0 Å². The van der Waals surface area contributed by atoms with E-state index in [0.29, 0.717) is 20.8 Å². The molecule has 1 aromatic rings. The zero-order valence-electron chi connectivity index (χ0n) is 12.9. The molecule has 0 radical (unpaired) electrons. The minimum Gasteiger partial charge on any atom is -0.400 e. The van der Waals surface area contributed by atoms with Crippen molar-refractivity contribution >= 4 is 60.6 Å². The molecule has 0 spiro atoms. The SMILES string of the molecule is CC1(C)OB(C(=Cc2cc(Cl)c(Cl)c(Cl)c2)CS)OC1(C)C. The number of benzene rings is 1. The van der Waals surface area contributed by atoms with Gasteiger partial charge in [0.2, 0.25) is 0 Å². The van der Waals surface area contributed by atoms with Gasteiger partial charge in [-0.25, -0.2) is 0 Å². The second kappa shape index (κ2) is 6.58. The fourth-order valence-electron chi connectivity index (χ4n) is 2.06. The molecule has 1 aliphatic heterocycles. The van der Waals surface area contributed by atoms with Gasteiger partial charge >= 0.3 is 7.12 Å². The topological polar surface area (TPSA) is 18.5 Å². The first-order chi connectivity index (χ1) is 10.1. The summed E-state index contributed by atoms with van der Waals surface area (Å²) in [4.78, 5) is 0. The van der Waals surface area contributed by atoms with Crippen LogP contribution in [0.4, 0.5) is 0 Å². The molecule has 0 bridgehead atoms. The fraction of sp³-hybridized carbons (Fsp3) is 0.467. The molecule has 7 heteroatoms. The van der Waals surface area contributed by atoms with Gasteiger partial charge in [0.05, 0.1) is 26.3 Å². The maximum absolute atomic E-state index is 6.07. The average molecular weight is 380 g/mol. The molecule has 0 aromatic heterocycles. The van der Waals surface area contributed by atoms with Crippen molar-refractivity contribution in [3.05, 3.63) is 38.2 Å². The summed E-state index contributed by atoms with van der Waals surface area (Å²) >= 11 is 22.5. The quantitative estimate of drug-likeness (QED) is 0.419. The lowest BCUT2D eigenvalue weighted by Gasteiger charge is -2.32. The zero-order chi connectivity index (χ0) is 16.7. The molecule has 0 atom stereocenters. The van der Waals surface area contributed by atoms with Gasteiger partial charge in [-0.1, -0.05) is 40.9 Å². The monoisotopic (exact) mass is 378 g/mol. The molecule has 0 saturated carbocycles. The Morgan fingerprint density at radius 3 is 1.95 bits per heavy atom. The molecule has 1 aromatic carbocycles. The van der Waals surface area contributed by atoms with Crippen molar-refractivity contribution in [2.24, 2.45) is 0 Å². The minimum absolute atomic E-state index is 0.350. The van der Waals surface area contributed by atoms with E-state index in [9.17, 15) is 0 Å². The predicted octanol–water partition coefficient (Wildman–Crippen LogP) is 5.59. The molecule has 2 nitrogen and oxygen atoms in total. The van der Waals surface area contributed by atoms with E-state index in [4.69, 9.17) is 44.1 Å². The van der Waals surface area contributed by atoms with E-state index >= 15 is 0 Å². The Kier molecular flexibility index (Phi) is 5.53. The molecule has 22 heavy (non-hydrogen) atoms. The lowest BCUT2D eigenvalue weighted by molar-refractivity contribution is 0.00578. The van der Waals surface area contributed by atoms with E-state index in [0.717, 1.165) is 11.0 Å². The first-order valence-electron chi connectivity index (χ1n) is 6.89. The van der Waals surface area contributed by atoms with Crippen LogP contribution in [0.1, 0.15) is 33.3 Å². The third-order valence-electron chi connectivity index (χ3n) is 4.10. The van der Waals surface area contributed by atoms with E-state index in [1.807, 2.05) is 33.8 Å². The highest BCUT2D eigenvalue weighted by Crippen LogP contribution is 2.39. The molecule has 120 valence electrons. The number of hydrogen-bond donors (Lipinski definition) is 1. The highest BCUT2D eigenvalue weighted by Gasteiger charge is 2.52. The Bertz CT molecular complexity index is 578. The second-order valence-corrected chi connectivity index (χ2v) is 7.77. The number of thiol groups is 1. The van der Waals surface area contributed by atoms with Crippen molar-refractivity contribution in [1.29, 1.82) is 0 Å². The fourth-order valence-corrected chi connectivity index (χ4v) is 2.91. The van der Waals surface area contributed by atoms with Crippen molar-refractivity contribution in [2.75, 3.05) is 5.75 Å². The van der Waals surface area contributed by atoms with Crippen molar-refractivity contribution in [3.63, 3.8) is 0 Å². The molecule has 1 fully saturated rings. The van der Waals surface area contributed by atoms with Gasteiger partial charge in [0.15, 0.2) is 0 Å². The summed E-state index contributed by atoms with van der Waals surface area (Å²) in [6.45, 7) is 8.05. The highest BCUT2D eigenvalue weighted by atomic mass is 35.5. The Morgan fingerprint density at radius 2 is 1.55 bits per heavy atom. The van der Waals surface area contributed by atoms with E-state index < -0.39 is 18.3 Å². The third kappa shape index (κ3) is 3.63. The standard InChI is InChI=1S/C15H18BCl3O2S/c1-14(2)15(3,4)21-16(20-14)10(8-22)5-9-6-11(17)13(19)12(18)7-9/h5-7,22H,8H2,1-4H3.